The first-order valence-corrected chi connectivity index (χ1v) is 6.86. The molecule has 2 aromatic rings. The molecule has 0 saturated heterocycles. The van der Waals surface area contributed by atoms with E-state index in [9.17, 15) is 10.2 Å². The third kappa shape index (κ3) is 4.16. The summed E-state index contributed by atoms with van der Waals surface area (Å²) < 4.78 is 0. The van der Waals surface area contributed by atoms with Crippen molar-refractivity contribution >= 4 is 0 Å². The number of aromatic hydroxyl groups is 2. The molecule has 5 heteroatoms. The van der Waals surface area contributed by atoms with Crippen LogP contribution in [-0.2, 0) is 6.54 Å². The van der Waals surface area contributed by atoms with Gasteiger partial charge in [-0.3, -0.25) is 0 Å². The molecule has 112 valence electrons. The fourth-order valence-corrected chi connectivity index (χ4v) is 1.87. The third-order valence-electron chi connectivity index (χ3n) is 2.94. The average Bonchev–Trinajstić information content (AvgIpc) is 2.38. The van der Waals surface area contributed by atoms with Crippen molar-refractivity contribution in [2.45, 2.75) is 39.8 Å². The van der Waals surface area contributed by atoms with Gasteiger partial charge in [-0.1, -0.05) is 0 Å². The second kappa shape index (κ2) is 5.69. The summed E-state index contributed by atoms with van der Waals surface area (Å²) in [6.45, 7) is 8.84. The monoisotopic (exact) mass is 287 g/mol. The van der Waals surface area contributed by atoms with Gasteiger partial charge < -0.3 is 15.5 Å². The van der Waals surface area contributed by atoms with E-state index in [4.69, 9.17) is 0 Å². The Morgan fingerprint density at radius 1 is 1.05 bits per heavy atom. The summed E-state index contributed by atoms with van der Waals surface area (Å²) in [6.07, 6.45) is 0. The molecule has 21 heavy (non-hydrogen) atoms. The van der Waals surface area contributed by atoms with E-state index in [0.717, 1.165) is 11.4 Å². The van der Waals surface area contributed by atoms with Crippen LogP contribution in [0.1, 0.15) is 32.2 Å². The van der Waals surface area contributed by atoms with Crippen molar-refractivity contribution in [3.63, 3.8) is 0 Å². The molecule has 0 unspecified atom stereocenters. The largest absolute Gasteiger partial charge is 0.504 e. The summed E-state index contributed by atoms with van der Waals surface area (Å²) in [5, 5.41) is 22.3. The molecule has 1 aromatic carbocycles. The number of aryl methyl sites for hydroxylation is 1. The van der Waals surface area contributed by atoms with Crippen LogP contribution >= 0.6 is 0 Å². The lowest BCUT2D eigenvalue weighted by Crippen LogP contribution is -2.35. The van der Waals surface area contributed by atoms with Crippen LogP contribution in [0, 0.1) is 6.92 Å². The molecular weight excluding hydrogens is 266 g/mol. The van der Waals surface area contributed by atoms with Gasteiger partial charge >= 0.3 is 0 Å². The molecule has 0 spiro atoms. The minimum Gasteiger partial charge on any atom is -0.504 e. The Morgan fingerprint density at radius 3 is 2.38 bits per heavy atom. The van der Waals surface area contributed by atoms with E-state index in [2.05, 4.69) is 36.1 Å². The van der Waals surface area contributed by atoms with Gasteiger partial charge in [-0.25, -0.2) is 9.97 Å². The predicted molar refractivity (Wildman–Crippen MR) is 82.1 cm³/mol. The van der Waals surface area contributed by atoms with E-state index in [1.54, 1.807) is 6.07 Å². The van der Waals surface area contributed by atoms with Crippen molar-refractivity contribution in [2.24, 2.45) is 0 Å². The Hall–Kier alpha value is -2.14. The van der Waals surface area contributed by atoms with Crippen LogP contribution < -0.4 is 5.32 Å². The standard InChI is InChI=1S/C16H21N3O2/c1-10-7-12(9-17-16(2,3)4)19-15(18-10)11-5-6-13(20)14(21)8-11/h5-8,17,20-21H,9H2,1-4H3. The summed E-state index contributed by atoms with van der Waals surface area (Å²) in [7, 11) is 0. The minimum absolute atomic E-state index is 0.00974. The topological polar surface area (TPSA) is 78.3 Å². The number of hydrogen-bond acceptors (Lipinski definition) is 5. The second-order valence-corrected chi connectivity index (χ2v) is 6.13. The van der Waals surface area contributed by atoms with Crippen LogP contribution in [0.5, 0.6) is 11.5 Å². The maximum Gasteiger partial charge on any atom is 0.159 e. The predicted octanol–water partition coefficient (Wildman–Crippen LogP) is 2.75. The van der Waals surface area contributed by atoms with Gasteiger partial charge in [-0.15, -0.1) is 0 Å². The molecule has 0 aliphatic rings. The molecule has 0 aliphatic carbocycles. The minimum atomic E-state index is -0.174. The van der Waals surface area contributed by atoms with Crippen molar-refractivity contribution in [3.05, 3.63) is 35.7 Å². The smallest absolute Gasteiger partial charge is 0.159 e. The zero-order valence-electron chi connectivity index (χ0n) is 12.8. The quantitative estimate of drug-likeness (QED) is 0.757. The first-order valence-electron chi connectivity index (χ1n) is 6.86. The highest BCUT2D eigenvalue weighted by Crippen LogP contribution is 2.29. The summed E-state index contributed by atoms with van der Waals surface area (Å²) in [5.41, 5.74) is 2.43. The van der Waals surface area contributed by atoms with Crippen LogP contribution in [0.3, 0.4) is 0 Å². The molecular formula is C16H21N3O2. The number of phenolic OH excluding ortho intramolecular Hbond substituents is 2. The normalized spacial score (nSPS) is 11.6. The first kappa shape index (κ1) is 15.3. The second-order valence-electron chi connectivity index (χ2n) is 6.13. The Morgan fingerprint density at radius 2 is 1.76 bits per heavy atom. The van der Waals surface area contributed by atoms with E-state index in [-0.39, 0.29) is 17.0 Å². The zero-order valence-corrected chi connectivity index (χ0v) is 12.8. The molecule has 0 amide bonds. The number of hydrogen-bond donors (Lipinski definition) is 3. The Balaban J connectivity index is 2.32. The number of rotatable bonds is 3. The molecule has 0 aliphatic heterocycles. The molecule has 5 nitrogen and oxygen atoms in total. The van der Waals surface area contributed by atoms with Gasteiger partial charge in [0.2, 0.25) is 0 Å². The molecule has 2 rings (SSSR count). The van der Waals surface area contributed by atoms with Crippen LogP contribution in [-0.4, -0.2) is 25.7 Å². The molecule has 0 saturated carbocycles. The number of nitrogens with one attached hydrogen (secondary N) is 1. The summed E-state index contributed by atoms with van der Waals surface area (Å²) in [6, 6.07) is 6.52. The first-order chi connectivity index (χ1) is 9.74. The number of aromatic nitrogens is 2. The third-order valence-corrected chi connectivity index (χ3v) is 2.94. The van der Waals surface area contributed by atoms with Crippen LogP contribution in [0.2, 0.25) is 0 Å². The van der Waals surface area contributed by atoms with Gasteiger partial charge in [-0.2, -0.15) is 0 Å². The number of nitrogens with zero attached hydrogens (tertiary/aromatic N) is 2. The van der Waals surface area contributed by atoms with Crippen LogP contribution in [0.15, 0.2) is 24.3 Å². The van der Waals surface area contributed by atoms with E-state index < -0.39 is 0 Å². The molecule has 0 bridgehead atoms. The average molecular weight is 287 g/mol. The summed E-state index contributed by atoms with van der Waals surface area (Å²) >= 11 is 0. The fraction of sp³-hybridized carbons (Fsp3) is 0.375. The van der Waals surface area contributed by atoms with Gasteiger partial charge in [0, 0.05) is 23.3 Å². The SMILES string of the molecule is Cc1cc(CNC(C)(C)C)nc(-c2ccc(O)c(O)c2)n1. The van der Waals surface area contributed by atoms with Gasteiger partial charge in [0.05, 0.1) is 5.69 Å². The van der Waals surface area contributed by atoms with Gasteiger partial charge in [0.25, 0.3) is 0 Å². The summed E-state index contributed by atoms with van der Waals surface area (Å²) in [5.74, 6) is 0.212. The lowest BCUT2D eigenvalue weighted by molar-refractivity contribution is 0.404. The van der Waals surface area contributed by atoms with E-state index in [1.165, 1.54) is 12.1 Å². The van der Waals surface area contributed by atoms with E-state index >= 15 is 0 Å². The van der Waals surface area contributed by atoms with Gasteiger partial charge in [0.1, 0.15) is 0 Å². The van der Waals surface area contributed by atoms with E-state index in [0.29, 0.717) is 17.9 Å². The highest BCUT2D eigenvalue weighted by molar-refractivity contribution is 5.60. The highest BCUT2D eigenvalue weighted by Gasteiger charge is 2.11. The van der Waals surface area contributed by atoms with Gasteiger partial charge in [-0.05, 0) is 52.0 Å². The van der Waals surface area contributed by atoms with E-state index in [1.807, 2.05) is 13.0 Å². The lowest BCUT2D eigenvalue weighted by Gasteiger charge is -2.20. The summed E-state index contributed by atoms with van der Waals surface area (Å²) in [4.78, 5) is 8.90. The Kier molecular flexibility index (Phi) is 4.14. The van der Waals surface area contributed by atoms with Crippen molar-refractivity contribution in [3.8, 4) is 22.9 Å². The van der Waals surface area contributed by atoms with Crippen molar-refractivity contribution in [1.29, 1.82) is 0 Å². The number of phenols is 2. The van der Waals surface area contributed by atoms with Crippen LogP contribution in [0.4, 0.5) is 0 Å². The highest BCUT2D eigenvalue weighted by atomic mass is 16.3. The number of benzene rings is 1. The van der Waals surface area contributed by atoms with Crippen molar-refractivity contribution in [1.82, 2.24) is 15.3 Å². The van der Waals surface area contributed by atoms with Gasteiger partial charge in [0.15, 0.2) is 17.3 Å². The molecule has 0 radical (unpaired) electrons. The zero-order chi connectivity index (χ0) is 15.6. The molecule has 3 N–H and O–H groups in total. The lowest BCUT2D eigenvalue weighted by atomic mass is 10.1. The van der Waals surface area contributed by atoms with Crippen molar-refractivity contribution < 1.29 is 10.2 Å². The fourth-order valence-electron chi connectivity index (χ4n) is 1.87. The van der Waals surface area contributed by atoms with Crippen molar-refractivity contribution in [2.75, 3.05) is 0 Å². The Labute approximate surface area is 124 Å². The Bertz CT molecular complexity index is 648. The maximum atomic E-state index is 9.59. The maximum absolute atomic E-state index is 9.59. The molecule has 0 fully saturated rings. The molecule has 1 aromatic heterocycles. The molecule has 0 atom stereocenters. The van der Waals surface area contributed by atoms with Crippen LogP contribution in [0.25, 0.3) is 11.4 Å². The molecule has 1 heterocycles.